The van der Waals surface area contributed by atoms with E-state index in [9.17, 15) is 9.59 Å². The SMILES string of the molecule is CCC(Oc1ccccc1C)C(=O)N1CCOC(CN(C)CC(=O)O)C1. The van der Waals surface area contributed by atoms with Crippen LogP contribution in [-0.2, 0) is 14.3 Å². The summed E-state index contributed by atoms with van der Waals surface area (Å²) >= 11 is 0. The predicted octanol–water partition coefficient (Wildman–Crippen LogP) is 1.40. The van der Waals surface area contributed by atoms with E-state index in [0.29, 0.717) is 32.7 Å². The molecule has 1 N–H and O–H groups in total. The van der Waals surface area contributed by atoms with Crippen LogP contribution in [0.4, 0.5) is 0 Å². The van der Waals surface area contributed by atoms with Crippen molar-refractivity contribution >= 4 is 11.9 Å². The number of nitrogens with zero attached hydrogens (tertiary/aromatic N) is 2. The van der Waals surface area contributed by atoms with E-state index < -0.39 is 12.1 Å². The molecule has 2 rings (SSSR count). The number of amides is 1. The number of carboxylic acid groups (broad SMARTS) is 1. The summed E-state index contributed by atoms with van der Waals surface area (Å²) in [6.07, 6.45) is -0.159. The molecule has 1 aromatic carbocycles. The molecule has 1 aliphatic heterocycles. The van der Waals surface area contributed by atoms with Crippen molar-refractivity contribution in [3.8, 4) is 5.75 Å². The van der Waals surface area contributed by atoms with Gasteiger partial charge in [0.25, 0.3) is 5.91 Å². The number of aliphatic carboxylic acids is 1. The zero-order chi connectivity index (χ0) is 19.1. The number of rotatable bonds is 8. The van der Waals surface area contributed by atoms with Crippen LogP contribution in [-0.4, -0.2) is 78.8 Å². The molecule has 7 heteroatoms. The molecule has 0 saturated carbocycles. The number of aryl methyl sites for hydroxylation is 1. The third kappa shape index (κ3) is 5.71. The second-order valence-electron chi connectivity index (χ2n) is 6.65. The van der Waals surface area contributed by atoms with Crippen molar-refractivity contribution in [3.63, 3.8) is 0 Å². The van der Waals surface area contributed by atoms with Gasteiger partial charge in [0, 0.05) is 19.6 Å². The highest BCUT2D eigenvalue weighted by atomic mass is 16.5. The van der Waals surface area contributed by atoms with Gasteiger partial charge in [-0.15, -0.1) is 0 Å². The van der Waals surface area contributed by atoms with Crippen LogP contribution in [0.25, 0.3) is 0 Å². The molecule has 2 unspecified atom stereocenters. The van der Waals surface area contributed by atoms with E-state index in [1.165, 1.54) is 0 Å². The highest BCUT2D eigenvalue weighted by Gasteiger charge is 2.30. The lowest BCUT2D eigenvalue weighted by atomic mass is 10.1. The van der Waals surface area contributed by atoms with Gasteiger partial charge in [0.05, 0.1) is 19.3 Å². The first-order valence-electron chi connectivity index (χ1n) is 8.93. The molecule has 0 spiro atoms. The number of likely N-dealkylation sites (N-methyl/N-ethyl adjacent to an activating group) is 1. The Hall–Kier alpha value is -2.12. The van der Waals surface area contributed by atoms with Crippen LogP contribution in [0, 0.1) is 6.92 Å². The molecule has 1 saturated heterocycles. The molecular weight excluding hydrogens is 336 g/mol. The standard InChI is InChI=1S/C19H28N2O5/c1-4-16(26-17-8-6-5-7-14(17)2)19(24)21-9-10-25-15(12-21)11-20(3)13-18(22)23/h5-8,15-16H,4,9-13H2,1-3H3,(H,22,23). The monoisotopic (exact) mass is 364 g/mol. The van der Waals surface area contributed by atoms with Crippen molar-refractivity contribution in [2.45, 2.75) is 32.5 Å². The number of hydrogen-bond donors (Lipinski definition) is 1. The number of carboxylic acids is 1. The first kappa shape index (κ1) is 20.2. The Morgan fingerprint density at radius 3 is 2.81 bits per heavy atom. The molecule has 0 aromatic heterocycles. The van der Waals surface area contributed by atoms with E-state index in [1.54, 1.807) is 16.8 Å². The maximum atomic E-state index is 12.9. The Morgan fingerprint density at radius 2 is 2.15 bits per heavy atom. The second kappa shape index (κ2) is 9.54. The van der Waals surface area contributed by atoms with Crippen molar-refractivity contribution in [2.75, 3.05) is 39.8 Å². The normalized spacial score (nSPS) is 18.6. The zero-order valence-corrected chi connectivity index (χ0v) is 15.7. The van der Waals surface area contributed by atoms with Crippen LogP contribution < -0.4 is 4.74 Å². The summed E-state index contributed by atoms with van der Waals surface area (Å²) in [4.78, 5) is 27.1. The minimum atomic E-state index is -0.881. The van der Waals surface area contributed by atoms with Crippen molar-refractivity contribution in [1.82, 2.24) is 9.80 Å². The van der Waals surface area contributed by atoms with Gasteiger partial charge >= 0.3 is 5.97 Å². The van der Waals surface area contributed by atoms with Crippen molar-refractivity contribution in [2.24, 2.45) is 0 Å². The lowest BCUT2D eigenvalue weighted by Crippen LogP contribution is -2.52. The van der Waals surface area contributed by atoms with Crippen LogP contribution in [0.1, 0.15) is 18.9 Å². The number of ether oxygens (including phenoxy) is 2. The van der Waals surface area contributed by atoms with Gasteiger partial charge in [-0.2, -0.15) is 0 Å². The number of benzene rings is 1. The van der Waals surface area contributed by atoms with Gasteiger partial charge in [-0.1, -0.05) is 25.1 Å². The first-order valence-corrected chi connectivity index (χ1v) is 8.93. The van der Waals surface area contributed by atoms with Gasteiger partial charge in [-0.3, -0.25) is 14.5 Å². The molecule has 1 aliphatic rings. The fourth-order valence-corrected chi connectivity index (χ4v) is 3.03. The summed E-state index contributed by atoms with van der Waals surface area (Å²) in [5.74, 6) is -0.211. The van der Waals surface area contributed by atoms with E-state index in [1.807, 2.05) is 38.1 Å². The van der Waals surface area contributed by atoms with Crippen LogP contribution in [0.5, 0.6) is 5.75 Å². The molecule has 1 fully saturated rings. The van der Waals surface area contributed by atoms with Crippen molar-refractivity contribution < 1.29 is 24.2 Å². The summed E-state index contributed by atoms with van der Waals surface area (Å²) in [6, 6.07) is 7.65. The highest BCUT2D eigenvalue weighted by Crippen LogP contribution is 2.20. The van der Waals surface area contributed by atoms with Gasteiger partial charge in [-0.05, 0) is 32.0 Å². The first-order chi connectivity index (χ1) is 12.4. The number of carbonyl (C=O) groups is 2. The van der Waals surface area contributed by atoms with E-state index >= 15 is 0 Å². The van der Waals surface area contributed by atoms with Gasteiger partial charge in [0.1, 0.15) is 5.75 Å². The molecule has 144 valence electrons. The van der Waals surface area contributed by atoms with Crippen molar-refractivity contribution in [1.29, 1.82) is 0 Å². The molecule has 7 nitrogen and oxygen atoms in total. The molecule has 1 aromatic rings. The zero-order valence-electron chi connectivity index (χ0n) is 15.7. The third-order valence-corrected chi connectivity index (χ3v) is 4.38. The van der Waals surface area contributed by atoms with Crippen LogP contribution in [0.15, 0.2) is 24.3 Å². The minimum Gasteiger partial charge on any atom is -0.480 e. The number of carbonyl (C=O) groups excluding carboxylic acids is 1. The average Bonchev–Trinajstić information content (AvgIpc) is 2.60. The molecule has 2 atom stereocenters. The minimum absolute atomic E-state index is 0.0510. The molecule has 0 aliphatic carbocycles. The Kier molecular flexibility index (Phi) is 7.41. The summed E-state index contributed by atoms with van der Waals surface area (Å²) in [5, 5.41) is 8.86. The maximum Gasteiger partial charge on any atom is 0.317 e. The van der Waals surface area contributed by atoms with E-state index in [4.69, 9.17) is 14.6 Å². The Balaban J connectivity index is 1.95. The topological polar surface area (TPSA) is 79.3 Å². The lowest BCUT2D eigenvalue weighted by molar-refractivity contribution is -0.148. The van der Waals surface area contributed by atoms with Gasteiger partial charge in [-0.25, -0.2) is 0 Å². The summed E-state index contributed by atoms with van der Waals surface area (Å²) in [5.41, 5.74) is 0.994. The number of para-hydroxylation sites is 1. The van der Waals surface area contributed by atoms with Crippen LogP contribution >= 0.6 is 0 Å². The third-order valence-electron chi connectivity index (χ3n) is 4.38. The van der Waals surface area contributed by atoms with Crippen LogP contribution in [0.3, 0.4) is 0 Å². The second-order valence-corrected chi connectivity index (χ2v) is 6.65. The van der Waals surface area contributed by atoms with Crippen molar-refractivity contribution in [3.05, 3.63) is 29.8 Å². The number of hydrogen-bond acceptors (Lipinski definition) is 5. The average molecular weight is 364 g/mol. The van der Waals surface area contributed by atoms with E-state index in [2.05, 4.69) is 0 Å². The summed E-state index contributed by atoms with van der Waals surface area (Å²) < 4.78 is 11.7. The number of morpholine rings is 1. The fourth-order valence-electron chi connectivity index (χ4n) is 3.03. The molecular formula is C19H28N2O5. The Morgan fingerprint density at radius 1 is 1.42 bits per heavy atom. The van der Waals surface area contributed by atoms with Crippen LogP contribution in [0.2, 0.25) is 0 Å². The highest BCUT2D eigenvalue weighted by molar-refractivity contribution is 5.81. The maximum absolute atomic E-state index is 12.9. The van der Waals surface area contributed by atoms with Gasteiger partial charge in [0.2, 0.25) is 0 Å². The van der Waals surface area contributed by atoms with E-state index in [0.717, 1.165) is 11.3 Å². The van der Waals surface area contributed by atoms with Gasteiger partial charge < -0.3 is 19.5 Å². The Labute approximate surface area is 154 Å². The smallest absolute Gasteiger partial charge is 0.317 e. The van der Waals surface area contributed by atoms with E-state index in [-0.39, 0.29) is 18.6 Å². The lowest BCUT2D eigenvalue weighted by Gasteiger charge is -2.36. The molecule has 1 heterocycles. The van der Waals surface area contributed by atoms with Gasteiger partial charge in [0.15, 0.2) is 6.10 Å². The molecule has 1 amide bonds. The molecule has 26 heavy (non-hydrogen) atoms. The summed E-state index contributed by atoms with van der Waals surface area (Å²) in [6.45, 7) is 5.70. The largest absolute Gasteiger partial charge is 0.480 e. The predicted molar refractivity (Wildman–Crippen MR) is 97.3 cm³/mol. The quantitative estimate of drug-likeness (QED) is 0.751. The molecule has 0 radical (unpaired) electrons. The Bertz CT molecular complexity index is 622. The fraction of sp³-hybridized carbons (Fsp3) is 0.579. The summed E-state index contributed by atoms with van der Waals surface area (Å²) in [7, 11) is 1.73. The molecule has 0 bridgehead atoms.